The van der Waals surface area contributed by atoms with Crippen molar-refractivity contribution in [1.29, 1.82) is 0 Å². The minimum Gasteiger partial charge on any atom is -0.478 e. The maximum Gasteiger partial charge on any atom is 0.335 e. The topological polar surface area (TPSA) is 49.8 Å². The molecule has 0 bridgehead atoms. The number of carbonyl (C=O) groups is 1. The van der Waals surface area contributed by atoms with Crippen molar-refractivity contribution in [1.82, 2.24) is 4.90 Å². The minimum atomic E-state index is -0.895. The third-order valence-corrected chi connectivity index (χ3v) is 7.22. The summed E-state index contributed by atoms with van der Waals surface area (Å²) in [6.45, 7) is 13.9. The van der Waals surface area contributed by atoms with Gasteiger partial charge in [-0.3, -0.25) is 4.90 Å². The van der Waals surface area contributed by atoms with Crippen molar-refractivity contribution >= 4 is 18.1 Å². The highest BCUT2D eigenvalue weighted by atomic mass is 16.5. The van der Waals surface area contributed by atoms with Crippen molar-refractivity contribution in [3.63, 3.8) is 0 Å². The van der Waals surface area contributed by atoms with E-state index in [4.69, 9.17) is 9.84 Å². The van der Waals surface area contributed by atoms with Crippen LogP contribution in [0.1, 0.15) is 78.7 Å². The molecule has 2 aromatic carbocycles. The fourth-order valence-electron chi connectivity index (χ4n) is 4.89. The molecule has 0 aromatic heterocycles. The Balaban J connectivity index is 1.73. The molecule has 1 heterocycles. The van der Waals surface area contributed by atoms with Crippen LogP contribution >= 0.6 is 0 Å². The molecule has 1 fully saturated rings. The van der Waals surface area contributed by atoms with Gasteiger partial charge in [-0.15, -0.1) is 0 Å². The Kier molecular flexibility index (Phi) is 6.28. The van der Waals surface area contributed by atoms with Gasteiger partial charge in [-0.25, -0.2) is 4.79 Å². The Morgan fingerprint density at radius 3 is 2.16 bits per heavy atom. The fourth-order valence-corrected chi connectivity index (χ4v) is 4.89. The molecule has 0 saturated carbocycles. The molecule has 1 aliphatic carbocycles. The number of hydrogen-bond acceptors (Lipinski definition) is 3. The van der Waals surface area contributed by atoms with E-state index in [1.807, 2.05) is 12.1 Å². The summed E-state index contributed by atoms with van der Waals surface area (Å²) >= 11 is 0. The van der Waals surface area contributed by atoms with Crippen LogP contribution in [0.3, 0.4) is 0 Å². The van der Waals surface area contributed by atoms with Crippen molar-refractivity contribution < 1.29 is 14.6 Å². The van der Waals surface area contributed by atoms with Gasteiger partial charge in [0.1, 0.15) is 0 Å². The van der Waals surface area contributed by atoms with Crippen LogP contribution in [0.5, 0.6) is 0 Å². The lowest BCUT2D eigenvalue weighted by molar-refractivity contribution is 0.0341. The molecular weight excluding hydrogens is 398 g/mol. The zero-order valence-corrected chi connectivity index (χ0v) is 19.8. The van der Waals surface area contributed by atoms with Crippen LogP contribution in [0.25, 0.3) is 12.2 Å². The first-order valence-corrected chi connectivity index (χ1v) is 11.7. The van der Waals surface area contributed by atoms with Gasteiger partial charge in [-0.2, -0.15) is 0 Å². The lowest BCUT2D eigenvalue weighted by atomic mass is 9.62. The number of carboxylic acid groups (broad SMARTS) is 1. The minimum absolute atomic E-state index is 0.161. The second-order valence-electron chi connectivity index (χ2n) is 10.5. The van der Waals surface area contributed by atoms with Crippen molar-refractivity contribution in [3.05, 3.63) is 69.8 Å². The van der Waals surface area contributed by atoms with Gasteiger partial charge in [-0.1, -0.05) is 64.1 Å². The lowest BCUT2D eigenvalue weighted by Gasteiger charge is -2.42. The van der Waals surface area contributed by atoms with Crippen LogP contribution in [-0.4, -0.2) is 42.3 Å². The van der Waals surface area contributed by atoms with E-state index >= 15 is 0 Å². The van der Waals surface area contributed by atoms with E-state index in [1.165, 1.54) is 35.1 Å². The zero-order chi connectivity index (χ0) is 22.9. The predicted molar refractivity (Wildman–Crippen MR) is 130 cm³/mol. The van der Waals surface area contributed by atoms with Crippen LogP contribution < -0.4 is 0 Å². The van der Waals surface area contributed by atoms with E-state index in [9.17, 15) is 4.79 Å². The Labute approximate surface area is 191 Å². The molecule has 1 N–H and O–H groups in total. The van der Waals surface area contributed by atoms with Crippen molar-refractivity contribution in [2.45, 2.75) is 57.9 Å². The fraction of sp³-hybridized carbons (Fsp3) is 0.464. The van der Waals surface area contributed by atoms with Gasteiger partial charge in [0.15, 0.2) is 0 Å². The molecule has 4 heteroatoms. The Morgan fingerprint density at radius 1 is 0.969 bits per heavy atom. The second-order valence-corrected chi connectivity index (χ2v) is 10.5. The first kappa shape index (κ1) is 22.8. The molecule has 2 aliphatic rings. The molecule has 1 saturated heterocycles. The van der Waals surface area contributed by atoms with Crippen molar-refractivity contribution in [3.8, 4) is 0 Å². The molecule has 0 unspecified atom stereocenters. The average Bonchev–Trinajstić information content (AvgIpc) is 2.77. The standard InChI is InChI=1S/C28H35NO3/c1-27(2)11-12-28(3,4)25-18-23(19-29-13-15-32-16-14-29)22(17-24(25)27)10-7-20-5-8-21(9-6-20)26(30)31/h5-10,17-18H,11-16,19H2,1-4H3,(H,30,31). The number of benzene rings is 2. The van der Waals surface area contributed by atoms with Gasteiger partial charge >= 0.3 is 5.97 Å². The number of fused-ring (bicyclic) bond motifs is 1. The number of carboxylic acids is 1. The zero-order valence-electron chi connectivity index (χ0n) is 19.8. The molecular formula is C28H35NO3. The maximum atomic E-state index is 11.1. The first-order valence-electron chi connectivity index (χ1n) is 11.7. The predicted octanol–water partition coefficient (Wildman–Crippen LogP) is 5.74. The third-order valence-electron chi connectivity index (χ3n) is 7.22. The molecule has 2 aromatic rings. The van der Waals surface area contributed by atoms with Crippen LogP contribution in [0.15, 0.2) is 36.4 Å². The highest BCUT2D eigenvalue weighted by Gasteiger charge is 2.37. The summed E-state index contributed by atoms with van der Waals surface area (Å²) in [5.74, 6) is -0.895. The van der Waals surface area contributed by atoms with Crippen LogP contribution in [-0.2, 0) is 22.1 Å². The molecule has 0 atom stereocenters. The number of aromatic carboxylic acids is 1. The Morgan fingerprint density at radius 2 is 1.56 bits per heavy atom. The van der Waals surface area contributed by atoms with E-state index < -0.39 is 5.97 Å². The van der Waals surface area contributed by atoms with Gasteiger partial charge < -0.3 is 9.84 Å². The van der Waals surface area contributed by atoms with Crippen LogP contribution in [0, 0.1) is 0 Å². The normalized spacial score (nSPS) is 20.2. The van der Waals surface area contributed by atoms with Crippen molar-refractivity contribution in [2.75, 3.05) is 26.3 Å². The van der Waals surface area contributed by atoms with Gasteiger partial charge in [0.05, 0.1) is 18.8 Å². The van der Waals surface area contributed by atoms with Gasteiger partial charge in [0.25, 0.3) is 0 Å². The molecule has 4 nitrogen and oxygen atoms in total. The molecule has 170 valence electrons. The van der Waals surface area contributed by atoms with E-state index in [1.54, 1.807) is 12.1 Å². The van der Waals surface area contributed by atoms with Gasteiger partial charge in [0.2, 0.25) is 0 Å². The number of ether oxygens (including phenoxy) is 1. The van der Waals surface area contributed by atoms with Crippen LogP contribution in [0.2, 0.25) is 0 Å². The van der Waals surface area contributed by atoms with E-state index in [2.05, 4.69) is 56.9 Å². The molecule has 1 aliphatic heterocycles. The van der Waals surface area contributed by atoms with Gasteiger partial charge in [-0.05, 0) is 63.6 Å². The maximum absolute atomic E-state index is 11.1. The largest absolute Gasteiger partial charge is 0.478 e. The Hall–Kier alpha value is -2.43. The summed E-state index contributed by atoms with van der Waals surface area (Å²) in [6, 6.07) is 11.9. The second kappa shape index (κ2) is 8.84. The lowest BCUT2D eigenvalue weighted by Crippen LogP contribution is -2.37. The number of hydrogen-bond donors (Lipinski definition) is 1. The van der Waals surface area contributed by atoms with Crippen molar-refractivity contribution in [2.24, 2.45) is 0 Å². The third kappa shape index (κ3) is 4.82. The average molecular weight is 434 g/mol. The summed E-state index contributed by atoms with van der Waals surface area (Å²) in [6.07, 6.45) is 6.69. The summed E-state index contributed by atoms with van der Waals surface area (Å²) in [4.78, 5) is 13.6. The highest BCUT2D eigenvalue weighted by molar-refractivity contribution is 5.88. The molecule has 32 heavy (non-hydrogen) atoms. The SMILES string of the molecule is CC1(C)CCC(C)(C)c2cc(CN3CCOCC3)c(C=Cc3ccc(C(=O)O)cc3)cc21. The monoisotopic (exact) mass is 433 g/mol. The van der Waals surface area contributed by atoms with E-state index in [0.717, 1.165) is 38.4 Å². The van der Waals surface area contributed by atoms with E-state index in [-0.39, 0.29) is 10.8 Å². The first-order chi connectivity index (χ1) is 15.2. The summed E-state index contributed by atoms with van der Waals surface area (Å²) in [5.41, 5.74) is 7.21. The molecule has 0 spiro atoms. The Bertz CT molecular complexity index is 1010. The summed E-state index contributed by atoms with van der Waals surface area (Å²) < 4.78 is 5.55. The molecule has 4 rings (SSSR count). The van der Waals surface area contributed by atoms with Gasteiger partial charge in [0, 0.05) is 19.6 Å². The van der Waals surface area contributed by atoms with E-state index in [0.29, 0.717) is 5.56 Å². The smallest absolute Gasteiger partial charge is 0.335 e. The number of nitrogens with zero attached hydrogens (tertiary/aromatic N) is 1. The molecule has 0 radical (unpaired) electrons. The quantitative estimate of drug-likeness (QED) is 0.611. The van der Waals surface area contributed by atoms with Crippen LogP contribution in [0.4, 0.5) is 0 Å². The summed E-state index contributed by atoms with van der Waals surface area (Å²) in [7, 11) is 0. The highest BCUT2D eigenvalue weighted by Crippen LogP contribution is 2.46. The number of morpholine rings is 1. The summed E-state index contributed by atoms with van der Waals surface area (Å²) in [5, 5.41) is 9.15. The number of rotatable bonds is 5. The molecule has 0 amide bonds.